The van der Waals surface area contributed by atoms with Crippen molar-refractivity contribution in [3.63, 3.8) is 0 Å². The summed E-state index contributed by atoms with van der Waals surface area (Å²) in [5.41, 5.74) is 0.0123. The first-order valence-corrected chi connectivity index (χ1v) is 10.3. The fraction of sp³-hybridized carbons (Fsp3) is 0.905. The molecule has 0 spiro atoms. The Morgan fingerprint density at radius 1 is 0.846 bits per heavy atom. The maximum Gasteiger partial charge on any atom is 0.0965 e. The molecule has 0 aromatic rings. The van der Waals surface area contributed by atoms with Gasteiger partial charge in [0.25, 0.3) is 0 Å². The van der Waals surface area contributed by atoms with Crippen LogP contribution in [0.25, 0.3) is 0 Å². The molecule has 0 N–H and O–H groups in total. The molecule has 26 heavy (non-hydrogen) atoms. The highest BCUT2D eigenvalue weighted by Crippen LogP contribution is 2.29. The van der Waals surface area contributed by atoms with Gasteiger partial charge in [-0.1, -0.05) is 0 Å². The Hall–Kier alpha value is -1.10. The third kappa shape index (κ3) is 6.90. The maximum atomic E-state index is 5.45. The van der Waals surface area contributed by atoms with E-state index in [-0.39, 0.29) is 11.1 Å². The lowest BCUT2D eigenvalue weighted by Gasteiger charge is -2.37. The minimum absolute atomic E-state index is 0.00374. The number of nitrogens with zero attached hydrogens (tertiary/aromatic N) is 4. The van der Waals surface area contributed by atoms with Crippen LogP contribution in [0, 0.1) is 5.92 Å². The van der Waals surface area contributed by atoms with Crippen LogP contribution in [0.3, 0.4) is 0 Å². The van der Waals surface area contributed by atoms with Crippen LogP contribution < -0.4 is 0 Å². The zero-order valence-electron chi connectivity index (χ0n) is 18.1. The Kier molecular flexibility index (Phi) is 7.12. The van der Waals surface area contributed by atoms with E-state index in [1.165, 1.54) is 24.5 Å². The van der Waals surface area contributed by atoms with Crippen LogP contribution in [0.4, 0.5) is 0 Å². The average Bonchev–Trinajstić information content (AvgIpc) is 2.54. The number of hydrogen-bond donors (Lipinski definition) is 0. The molecular weight excluding hydrogens is 324 g/mol. The van der Waals surface area contributed by atoms with Gasteiger partial charge in [0.15, 0.2) is 0 Å². The van der Waals surface area contributed by atoms with Crippen molar-refractivity contribution in [2.45, 2.75) is 78.8 Å². The standard InChI is InChI=1S/C21H40N4O/c1-17(22-20(3,4)5)24-10-8-19(9-11-24)16-21(6,7)23-18(2)25-12-14-26-15-13-25/h19H,8-16H2,1-7H3/b22-17+,23-18+. The predicted octanol–water partition coefficient (Wildman–Crippen LogP) is 3.83. The second kappa shape index (κ2) is 8.73. The van der Waals surface area contributed by atoms with Gasteiger partial charge >= 0.3 is 0 Å². The number of morpholine rings is 1. The summed E-state index contributed by atoms with van der Waals surface area (Å²) in [4.78, 5) is 14.7. The average molecular weight is 365 g/mol. The van der Waals surface area contributed by atoms with Crippen LogP contribution in [0.15, 0.2) is 9.98 Å². The highest BCUT2D eigenvalue weighted by Gasteiger charge is 2.28. The summed E-state index contributed by atoms with van der Waals surface area (Å²) in [7, 11) is 0. The minimum atomic E-state index is 0.00374. The monoisotopic (exact) mass is 364 g/mol. The molecule has 5 nitrogen and oxygen atoms in total. The highest BCUT2D eigenvalue weighted by molar-refractivity contribution is 5.80. The number of likely N-dealkylation sites (tertiary alicyclic amines) is 1. The van der Waals surface area contributed by atoms with E-state index in [1.807, 2.05) is 0 Å². The molecule has 150 valence electrons. The number of hydrogen-bond acceptors (Lipinski definition) is 3. The van der Waals surface area contributed by atoms with E-state index in [2.05, 4.69) is 58.3 Å². The van der Waals surface area contributed by atoms with Gasteiger partial charge in [-0.05, 0) is 73.6 Å². The smallest absolute Gasteiger partial charge is 0.0965 e. The van der Waals surface area contributed by atoms with Gasteiger partial charge in [0.05, 0.1) is 36.0 Å². The summed E-state index contributed by atoms with van der Waals surface area (Å²) in [6.07, 6.45) is 3.65. The van der Waals surface area contributed by atoms with Crippen LogP contribution in [0.5, 0.6) is 0 Å². The number of amidine groups is 2. The number of rotatable bonds is 3. The van der Waals surface area contributed by atoms with Crippen LogP contribution >= 0.6 is 0 Å². The van der Waals surface area contributed by atoms with Crippen molar-refractivity contribution in [3.05, 3.63) is 0 Å². The van der Waals surface area contributed by atoms with Crippen molar-refractivity contribution in [1.29, 1.82) is 0 Å². The quantitative estimate of drug-likeness (QED) is 0.564. The van der Waals surface area contributed by atoms with Gasteiger partial charge in [0.1, 0.15) is 0 Å². The number of ether oxygens (including phenoxy) is 1. The fourth-order valence-corrected chi connectivity index (χ4v) is 4.16. The first kappa shape index (κ1) is 21.2. The predicted molar refractivity (Wildman–Crippen MR) is 111 cm³/mol. The molecule has 0 aromatic carbocycles. The Labute approximate surface area is 160 Å². The topological polar surface area (TPSA) is 40.4 Å². The maximum absolute atomic E-state index is 5.45. The molecule has 0 aromatic heterocycles. The van der Waals surface area contributed by atoms with Crippen LogP contribution in [-0.4, -0.2) is 71.9 Å². The van der Waals surface area contributed by atoms with Crippen LogP contribution in [0.1, 0.15) is 67.7 Å². The fourth-order valence-electron chi connectivity index (χ4n) is 4.16. The van der Waals surface area contributed by atoms with E-state index in [9.17, 15) is 0 Å². The van der Waals surface area contributed by atoms with Gasteiger partial charge in [-0.25, -0.2) is 0 Å². The molecule has 2 fully saturated rings. The Bertz CT molecular complexity index is 505. The molecule has 2 aliphatic rings. The molecule has 0 saturated carbocycles. The van der Waals surface area contributed by atoms with Crippen LogP contribution in [-0.2, 0) is 4.74 Å². The van der Waals surface area contributed by atoms with Crippen molar-refractivity contribution in [1.82, 2.24) is 9.80 Å². The Morgan fingerprint density at radius 2 is 1.35 bits per heavy atom. The number of piperidine rings is 1. The summed E-state index contributed by atoms with van der Waals surface area (Å²) in [5, 5.41) is 0. The summed E-state index contributed by atoms with van der Waals surface area (Å²) < 4.78 is 5.45. The molecule has 2 rings (SSSR count). The molecule has 2 heterocycles. The van der Waals surface area contributed by atoms with E-state index < -0.39 is 0 Å². The molecule has 5 heteroatoms. The summed E-state index contributed by atoms with van der Waals surface area (Å²) in [6.45, 7) is 21.2. The SMILES string of the molecule is C/C(=N\C(C)(C)C)N1CCC(CC(C)(C)/N=C(\C)N2CCOCC2)CC1. The molecule has 0 amide bonds. The first-order chi connectivity index (χ1) is 12.1. The van der Waals surface area contributed by atoms with Gasteiger partial charge in [0.2, 0.25) is 0 Å². The molecule has 0 atom stereocenters. The molecule has 0 bridgehead atoms. The lowest BCUT2D eigenvalue weighted by atomic mass is 9.84. The van der Waals surface area contributed by atoms with Gasteiger partial charge in [0, 0.05) is 26.2 Å². The second-order valence-electron chi connectivity index (χ2n) is 9.54. The van der Waals surface area contributed by atoms with Crippen molar-refractivity contribution >= 4 is 11.7 Å². The summed E-state index contributed by atoms with van der Waals surface area (Å²) in [6, 6.07) is 0. The normalized spacial score (nSPS) is 22.1. The molecule has 0 aliphatic carbocycles. The van der Waals surface area contributed by atoms with Crippen molar-refractivity contribution < 1.29 is 4.74 Å². The van der Waals surface area contributed by atoms with Gasteiger partial charge in [-0.15, -0.1) is 0 Å². The van der Waals surface area contributed by atoms with E-state index >= 15 is 0 Å². The Morgan fingerprint density at radius 3 is 1.88 bits per heavy atom. The van der Waals surface area contributed by atoms with Gasteiger partial charge < -0.3 is 14.5 Å². The van der Waals surface area contributed by atoms with E-state index in [0.29, 0.717) is 0 Å². The van der Waals surface area contributed by atoms with E-state index in [1.54, 1.807) is 0 Å². The molecule has 2 aliphatic heterocycles. The first-order valence-electron chi connectivity index (χ1n) is 10.3. The zero-order chi connectivity index (χ0) is 19.4. The zero-order valence-corrected chi connectivity index (χ0v) is 18.1. The Balaban J connectivity index is 1.86. The van der Waals surface area contributed by atoms with Crippen LogP contribution in [0.2, 0.25) is 0 Å². The van der Waals surface area contributed by atoms with Crippen molar-refractivity contribution in [3.8, 4) is 0 Å². The second-order valence-corrected chi connectivity index (χ2v) is 9.54. The van der Waals surface area contributed by atoms with Crippen molar-refractivity contribution in [2.24, 2.45) is 15.9 Å². The van der Waals surface area contributed by atoms with E-state index in [0.717, 1.165) is 51.7 Å². The van der Waals surface area contributed by atoms with Gasteiger partial charge in [-0.3, -0.25) is 9.98 Å². The lowest BCUT2D eigenvalue weighted by molar-refractivity contribution is 0.0673. The summed E-state index contributed by atoms with van der Waals surface area (Å²) >= 11 is 0. The minimum Gasteiger partial charge on any atom is -0.378 e. The molecule has 2 saturated heterocycles. The molecular formula is C21H40N4O. The van der Waals surface area contributed by atoms with Gasteiger partial charge in [-0.2, -0.15) is 0 Å². The van der Waals surface area contributed by atoms with E-state index in [4.69, 9.17) is 14.7 Å². The van der Waals surface area contributed by atoms with Crippen molar-refractivity contribution in [2.75, 3.05) is 39.4 Å². The third-order valence-corrected chi connectivity index (χ3v) is 5.29. The highest BCUT2D eigenvalue weighted by atomic mass is 16.5. The largest absolute Gasteiger partial charge is 0.378 e. The third-order valence-electron chi connectivity index (χ3n) is 5.29. The summed E-state index contributed by atoms with van der Waals surface area (Å²) in [5.74, 6) is 3.12. The number of aliphatic imine (C=N–C) groups is 2. The molecule has 0 unspecified atom stereocenters. The lowest BCUT2D eigenvalue weighted by Crippen LogP contribution is -2.42. The molecule has 0 radical (unpaired) electrons.